The number of nitrogens with one attached hydrogen (secondary N) is 2. The van der Waals surface area contributed by atoms with Crippen LogP contribution in [0.15, 0.2) is 12.1 Å². The Hall–Kier alpha value is -3.43. The van der Waals surface area contributed by atoms with Gasteiger partial charge in [-0.05, 0) is 0 Å². The molecule has 0 fully saturated rings. The monoisotopic (exact) mass is 376 g/mol. The van der Waals surface area contributed by atoms with Gasteiger partial charge in [-0.3, -0.25) is 5.10 Å². The van der Waals surface area contributed by atoms with Crippen molar-refractivity contribution in [2.75, 3.05) is 33.2 Å². The molecular weight excluding hydrogens is 356 g/mol. The van der Waals surface area contributed by atoms with Crippen LogP contribution in [0.3, 0.4) is 0 Å². The summed E-state index contributed by atoms with van der Waals surface area (Å²) in [6.07, 6.45) is 0.498. The maximum Gasteiger partial charge on any atom is 0.356 e. The van der Waals surface area contributed by atoms with Crippen LogP contribution in [0.2, 0.25) is 0 Å². The van der Waals surface area contributed by atoms with Crippen LogP contribution < -0.4 is 19.5 Å². The van der Waals surface area contributed by atoms with Crippen LogP contribution in [0.5, 0.6) is 17.2 Å². The minimum absolute atomic E-state index is 0.0599. The molecule has 0 atom stereocenters. The fourth-order valence-electron chi connectivity index (χ4n) is 3.00. The lowest BCUT2D eigenvalue weighted by atomic mass is 10.1. The number of carbonyl (C=O) groups excluding carboxylic acids is 1. The van der Waals surface area contributed by atoms with E-state index in [-0.39, 0.29) is 18.3 Å². The molecule has 1 aromatic heterocycles. The van der Waals surface area contributed by atoms with E-state index >= 15 is 0 Å². The lowest BCUT2D eigenvalue weighted by molar-refractivity contribution is 0.0688. The average Bonchev–Trinajstić information content (AvgIpc) is 3.10. The Morgan fingerprint density at radius 1 is 1.19 bits per heavy atom. The summed E-state index contributed by atoms with van der Waals surface area (Å²) < 4.78 is 15.8. The summed E-state index contributed by atoms with van der Waals surface area (Å²) in [4.78, 5) is 25.4. The van der Waals surface area contributed by atoms with Gasteiger partial charge in [0.2, 0.25) is 5.75 Å². The highest BCUT2D eigenvalue weighted by atomic mass is 16.5. The number of aromatic carboxylic acids is 1. The first-order valence-electron chi connectivity index (χ1n) is 8.13. The molecule has 1 aliphatic heterocycles. The van der Waals surface area contributed by atoms with Crippen molar-refractivity contribution in [2.45, 2.75) is 13.0 Å². The molecule has 0 radical (unpaired) electrons. The number of amides is 2. The molecule has 3 N–H and O–H groups in total. The molecule has 3 rings (SSSR count). The van der Waals surface area contributed by atoms with Crippen molar-refractivity contribution in [1.82, 2.24) is 15.1 Å². The molecule has 27 heavy (non-hydrogen) atoms. The molecule has 1 aromatic carbocycles. The van der Waals surface area contributed by atoms with E-state index in [4.69, 9.17) is 14.2 Å². The fourth-order valence-corrected chi connectivity index (χ4v) is 3.00. The highest BCUT2D eigenvalue weighted by molar-refractivity contribution is 5.91. The van der Waals surface area contributed by atoms with Gasteiger partial charge in [0.15, 0.2) is 17.2 Å². The first kappa shape index (κ1) is 18.4. The number of carbonyl (C=O) groups is 2. The fraction of sp³-hybridized carbons (Fsp3) is 0.353. The van der Waals surface area contributed by atoms with Crippen molar-refractivity contribution >= 4 is 17.7 Å². The van der Waals surface area contributed by atoms with Gasteiger partial charge >= 0.3 is 12.0 Å². The number of carboxylic acid groups (broad SMARTS) is 1. The third-order valence-corrected chi connectivity index (χ3v) is 4.34. The summed E-state index contributed by atoms with van der Waals surface area (Å²) >= 11 is 0. The van der Waals surface area contributed by atoms with Crippen LogP contribution in [-0.2, 0) is 13.0 Å². The molecule has 10 heteroatoms. The van der Waals surface area contributed by atoms with Crippen molar-refractivity contribution in [2.24, 2.45) is 0 Å². The van der Waals surface area contributed by atoms with Crippen LogP contribution in [0.4, 0.5) is 10.5 Å². The Bertz CT molecular complexity index is 853. The van der Waals surface area contributed by atoms with E-state index in [0.717, 1.165) is 5.69 Å². The second-order valence-corrected chi connectivity index (χ2v) is 5.85. The quantitative estimate of drug-likeness (QED) is 0.725. The number of rotatable bonds is 5. The van der Waals surface area contributed by atoms with Crippen molar-refractivity contribution in [3.63, 3.8) is 0 Å². The van der Waals surface area contributed by atoms with Crippen LogP contribution >= 0.6 is 0 Å². The van der Waals surface area contributed by atoms with Crippen LogP contribution in [0, 0.1) is 0 Å². The Kier molecular flexibility index (Phi) is 5.06. The molecule has 10 nitrogen and oxygen atoms in total. The predicted molar refractivity (Wildman–Crippen MR) is 94.8 cm³/mol. The Morgan fingerprint density at radius 3 is 2.41 bits per heavy atom. The van der Waals surface area contributed by atoms with E-state index in [1.54, 1.807) is 12.1 Å². The summed E-state index contributed by atoms with van der Waals surface area (Å²) in [6.45, 7) is 0.592. The third kappa shape index (κ3) is 3.46. The molecule has 2 amide bonds. The summed E-state index contributed by atoms with van der Waals surface area (Å²) in [5.74, 6) is 0.122. The largest absolute Gasteiger partial charge is 0.493 e. The zero-order chi connectivity index (χ0) is 19.6. The number of carboxylic acids is 1. The number of aromatic amines is 1. The van der Waals surface area contributed by atoms with Crippen molar-refractivity contribution in [3.8, 4) is 17.2 Å². The van der Waals surface area contributed by atoms with Gasteiger partial charge in [-0.2, -0.15) is 5.10 Å². The number of ether oxygens (including phenoxy) is 3. The molecule has 1 aliphatic rings. The van der Waals surface area contributed by atoms with Crippen LogP contribution in [0.25, 0.3) is 0 Å². The maximum absolute atomic E-state index is 12.7. The van der Waals surface area contributed by atoms with Crippen molar-refractivity contribution in [3.05, 3.63) is 29.1 Å². The molecule has 2 aromatic rings. The van der Waals surface area contributed by atoms with Gasteiger partial charge in [-0.1, -0.05) is 0 Å². The molecule has 0 saturated carbocycles. The lowest BCUT2D eigenvalue weighted by Crippen LogP contribution is -2.39. The number of hydrogen-bond donors (Lipinski definition) is 3. The Labute approximate surface area is 155 Å². The predicted octanol–water partition coefficient (Wildman–Crippen LogP) is 1.72. The Balaban J connectivity index is 1.80. The van der Waals surface area contributed by atoms with E-state index in [1.807, 2.05) is 0 Å². The highest BCUT2D eigenvalue weighted by Crippen LogP contribution is 2.40. The number of fused-ring (bicyclic) bond motifs is 1. The lowest BCUT2D eigenvalue weighted by Gasteiger charge is -2.27. The number of aromatic nitrogens is 2. The normalized spacial score (nSPS) is 12.9. The van der Waals surface area contributed by atoms with Crippen LogP contribution in [-0.4, -0.2) is 60.1 Å². The molecule has 144 valence electrons. The molecule has 0 bridgehead atoms. The summed E-state index contributed by atoms with van der Waals surface area (Å²) in [6, 6.07) is 2.87. The SMILES string of the molecule is COc1cc(NC(=O)N2CCc3[nH]nc(C(=O)O)c3C2)cc(OC)c1OC. The highest BCUT2D eigenvalue weighted by Gasteiger charge is 2.28. The number of nitrogens with zero attached hydrogens (tertiary/aromatic N) is 2. The topological polar surface area (TPSA) is 126 Å². The number of benzene rings is 1. The average molecular weight is 376 g/mol. The standard InChI is InChI=1S/C17H20N4O6/c1-25-12-6-9(7-13(26-2)15(12)27-3)18-17(24)21-5-4-11-10(8-21)14(16(22)23)20-19-11/h6-7H,4-5,8H2,1-3H3,(H,18,24)(H,19,20)(H,22,23). The Morgan fingerprint density at radius 2 is 1.85 bits per heavy atom. The zero-order valence-electron chi connectivity index (χ0n) is 15.2. The van der Waals surface area contributed by atoms with Crippen molar-refractivity contribution in [1.29, 1.82) is 0 Å². The van der Waals surface area contributed by atoms with Crippen molar-refractivity contribution < 1.29 is 28.9 Å². The third-order valence-electron chi connectivity index (χ3n) is 4.34. The van der Waals surface area contributed by atoms with Gasteiger partial charge < -0.3 is 29.5 Å². The zero-order valence-corrected chi connectivity index (χ0v) is 15.2. The number of H-pyrrole nitrogens is 1. The van der Waals surface area contributed by atoms with E-state index in [9.17, 15) is 14.7 Å². The summed E-state index contributed by atoms with van der Waals surface area (Å²) in [7, 11) is 4.47. The number of anilines is 1. The van der Waals surface area contributed by atoms with Gasteiger partial charge in [0, 0.05) is 36.4 Å². The number of methoxy groups -OCH3 is 3. The van der Waals surface area contributed by atoms with Gasteiger partial charge in [0.1, 0.15) is 0 Å². The first-order chi connectivity index (χ1) is 13.0. The molecule has 0 unspecified atom stereocenters. The van der Waals surface area contributed by atoms with Gasteiger partial charge in [-0.25, -0.2) is 9.59 Å². The van der Waals surface area contributed by atoms with E-state index < -0.39 is 5.97 Å². The number of hydrogen-bond acceptors (Lipinski definition) is 6. The number of urea groups is 1. The van der Waals surface area contributed by atoms with E-state index in [2.05, 4.69) is 15.5 Å². The minimum Gasteiger partial charge on any atom is -0.493 e. The van der Waals surface area contributed by atoms with Gasteiger partial charge in [-0.15, -0.1) is 0 Å². The van der Waals surface area contributed by atoms with E-state index in [1.165, 1.54) is 26.2 Å². The first-order valence-corrected chi connectivity index (χ1v) is 8.13. The second-order valence-electron chi connectivity index (χ2n) is 5.85. The van der Waals surface area contributed by atoms with Gasteiger partial charge in [0.05, 0.1) is 33.6 Å². The molecule has 0 spiro atoms. The summed E-state index contributed by atoms with van der Waals surface area (Å²) in [5, 5.41) is 18.5. The molecule has 0 aliphatic carbocycles. The van der Waals surface area contributed by atoms with Crippen LogP contribution in [0.1, 0.15) is 21.7 Å². The molecule has 2 heterocycles. The smallest absolute Gasteiger partial charge is 0.356 e. The second kappa shape index (κ2) is 7.44. The van der Waals surface area contributed by atoms with Gasteiger partial charge in [0.25, 0.3) is 0 Å². The van der Waals surface area contributed by atoms with E-state index in [0.29, 0.717) is 41.5 Å². The minimum atomic E-state index is -1.13. The molecular formula is C17H20N4O6. The maximum atomic E-state index is 12.7. The summed E-state index contributed by atoms with van der Waals surface area (Å²) in [5.41, 5.74) is 1.67. The molecule has 0 saturated heterocycles.